The number of ether oxygens (including phenoxy) is 4. The maximum Gasteiger partial charge on any atom is 0.230 e. The lowest BCUT2D eigenvalue weighted by atomic mass is 9.76. The minimum atomic E-state index is -0.660. The van der Waals surface area contributed by atoms with Gasteiger partial charge in [0.05, 0.1) is 21.7 Å². The lowest BCUT2D eigenvalue weighted by molar-refractivity contribution is 0.119. The first-order chi connectivity index (χ1) is 28.2. The molecule has 20 bridgehead atoms. The van der Waals surface area contributed by atoms with Crippen LogP contribution in [0.25, 0.3) is 0 Å². The third kappa shape index (κ3) is 4.87. The van der Waals surface area contributed by atoms with Crippen LogP contribution in [0.1, 0.15) is 95.5 Å². The molecule has 0 fully saturated rings. The van der Waals surface area contributed by atoms with Crippen molar-refractivity contribution in [2.75, 3.05) is 13.6 Å². The fourth-order valence-corrected chi connectivity index (χ4v) is 9.66. The highest BCUT2D eigenvalue weighted by atomic mass is 16.7. The van der Waals surface area contributed by atoms with Crippen molar-refractivity contribution in [3.8, 4) is 23.0 Å². The lowest BCUT2D eigenvalue weighted by Gasteiger charge is -2.34. The number of aromatic amines is 4. The number of benzene rings is 4. The maximum atomic E-state index is 6.29. The van der Waals surface area contributed by atoms with Gasteiger partial charge in [0.1, 0.15) is 23.0 Å². The van der Waals surface area contributed by atoms with Gasteiger partial charge < -0.3 is 38.9 Å². The van der Waals surface area contributed by atoms with E-state index >= 15 is 0 Å². The molecular formula is C50H44N4O4. The van der Waals surface area contributed by atoms with Gasteiger partial charge in [-0.15, -0.1) is 0 Å². The van der Waals surface area contributed by atoms with E-state index < -0.39 is 21.7 Å². The highest BCUT2D eigenvalue weighted by molar-refractivity contribution is 5.57. The molecule has 3 aliphatic rings. The fraction of sp³-hybridized carbons (Fsp3) is 0.200. The predicted octanol–water partition coefficient (Wildman–Crippen LogP) is 10.2. The van der Waals surface area contributed by atoms with Gasteiger partial charge >= 0.3 is 0 Å². The van der Waals surface area contributed by atoms with E-state index in [-0.39, 0.29) is 13.6 Å². The SMILES string of the molecule is C[C@]12c3cccc(c3)OCOc3cccc(c3)[C@](C)(c3ccc1[nH]3)c1ccc([nH]1)[C@@]1(C)c3cccc(c3)OCOc3cccc(c3)[C@](C)(c3ccc1[nH]3)c1ccc2[nH]1. The largest absolute Gasteiger partial charge is 0.457 e. The summed E-state index contributed by atoms with van der Waals surface area (Å²) in [6.45, 7) is 9.27. The van der Waals surface area contributed by atoms with Crippen molar-refractivity contribution in [3.63, 3.8) is 0 Å². The van der Waals surface area contributed by atoms with E-state index in [9.17, 15) is 0 Å². The third-order valence-electron chi connectivity index (χ3n) is 13.6. The highest BCUT2D eigenvalue weighted by Crippen LogP contribution is 2.49. The Labute approximate surface area is 337 Å². The molecule has 0 radical (unpaired) electrons. The third-order valence-corrected chi connectivity index (χ3v) is 13.6. The summed E-state index contributed by atoms with van der Waals surface area (Å²) < 4.78 is 25.2. The van der Waals surface area contributed by atoms with Crippen molar-refractivity contribution in [1.82, 2.24) is 19.9 Å². The van der Waals surface area contributed by atoms with E-state index in [4.69, 9.17) is 18.9 Å². The Bertz CT molecular complexity index is 2490. The van der Waals surface area contributed by atoms with Crippen LogP contribution in [0, 0.1) is 0 Å². The van der Waals surface area contributed by atoms with Crippen LogP contribution in [0.3, 0.4) is 0 Å². The molecule has 4 aromatic heterocycles. The van der Waals surface area contributed by atoms with E-state index in [1.54, 1.807) is 0 Å². The Morgan fingerprint density at radius 3 is 0.724 bits per heavy atom. The van der Waals surface area contributed by atoms with E-state index in [2.05, 4.69) is 169 Å². The van der Waals surface area contributed by atoms with Crippen molar-refractivity contribution in [1.29, 1.82) is 0 Å². The van der Waals surface area contributed by atoms with E-state index in [1.807, 2.05) is 24.3 Å². The molecule has 4 aromatic carbocycles. The Morgan fingerprint density at radius 1 is 0.310 bits per heavy atom. The summed E-state index contributed by atoms with van der Waals surface area (Å²) in [4.78, 5) is 16.1. The molecule has 0 unspecified atom stereocenters. The first-order valence-electron chi connectivity index (χ1n) is 19.9. The van der Waals surface area contributed by atoms with Crippen molar-refractivity contribution in [3.05, 3.63) is 213 Å². The summed E-state index contributed by atoms with van der Waals surface area (Å²) in [5.74, 6) is 2.92. The molecule has 0 saturated heterocycles. The number of hydrogen-bond donors (Lipinski definition) is 4. The lowest BCUT2D eigenvalue weighted by Crippen LogP contribution is -2.32. The van der Waals surface area contributed by atoms with Crippen molar-refractivity contribution >= 4 is 0 Å². The second-order valence-electron chi connectivity index (χ2n) is 16.6. The quantitative estimate of drug-likeness (QED) is 0.124. The molecule has 11 rings (SSSR count). The van der Waals surface area contributed by atoms with Crippen molar-refractivity contribution < 1.29 is 18.9 Å². The topological polar surface area (TPSA) is 100 Å². The molecule has 0 amide bonds. The van der Waals surface area contributed by atoms with Gasteiger partial charge in [-0.1, -0.05) is 48.5 Å². The molecule has 4 N–H and O–H groups in total. The van der Waals surface area contributed by atoms with Crippen LogP contribution in [0.15, 0.2) is 146 Å². The molecule has 0 atom stereocenters. The van der Waals surface area contributed by atoms with Gasteiger partial charge in [0, 0.05) is 45.6 Å². The summed E-state index contributed by atoms with van der Waals surface area (Å²) in [5, 5.41) is 0. The van der Waals surface area contributed by atoms with Crippen LogP contribution in [-0.2, 0) is 21.7 Å². The minimum Gasteiger partial charge on any atom is -0.457 e. The molecule has 288 valence electrons. The summed E-state index contributed by atoms with van der Waals surface area (Å²) in [6.07, 6.45) is 0. The van der Waals surface area contributed by atoms with Crippen molar-refractivity contribution in [2.24, 2.45) is 0 Å². The summed E-state index contributed by atoms with van der Waals surface area (Å²) in [7, 11) is 0. The zero-order chi connectivity index (χ0) is 39.3. The minimum absolute atomic E-state index is 0.0722. The van der Waals surface area contributed by atoms with Gasteiger partial charge in [0.25, 0.3) is 0 Å². The maximum absolute atomic E-state index is 6.29. The van der Waals surface area contributed by atoms with E-state index in [1.165, 1.54) is 0 Å². The van der Waals surface area contributed by atoms with Gasteiger partial charge in [-0.3, -0.25) is 0 Å². The highest BCUT2D eigenvalue weighted by Gasteiger charge is 2.44. The second-order valence-corrected chi connectivity index (χ2v) is 16.6. The van der Waals surface area contributed by atoms with Crippen molar-refractivity contribution in [2.45, 2.75) is 49.4 Å². The molecule has 58 heavy (non-hydrogen) atoms. The average Bonchev–Trinajstić information content (AvgIpc) is 4.10. The number of hydrogen-bond acceptors (Lipinski definition) is 4. The zero-order valence-electron chi connectivity index (χ0n) is 32.9. The first-order valence-corrected chi connectivity index (χ1v) is 19.9. The van der Waals surface area contributed by atoms with Gasteiger partial charge in [-0.2, -0.15) is 0 Å². The molecule has 8 aromatic rings. The number of rotatable bonds is 0. The van der Waals surface area contributed by atoms with Crippen LogP contribution in [0.2, 0.25) is 0 Å². The number of nitrogens with one attached hydrogen (secondary N) is 4. The second kappa shape index (κ2) is 12.3. The Hall–Kier alpha value is -6.80. The molecule has 8 heteroatoms. The standard InChI is InChI=1S/C50H44N4O4/c1-47-31-9-5-13-35(25-31)55-29-56-36-14-6-10-32(26-36)48(2,40-18-17-39(47)51-40)45-23-24-46(54-45)50(4)34-12-8-16-38(28-34)58-30-57-37-15-7-11-33(27-37)49(3,41-19-20-42(50)52-41)44-22-21-43(47)53-44/h5-28,51-54H,29-30H2,1-4H3/t47-,48+,49+,50-. The van der Waals surface area contributed by atoms with Gasteiger partial charge in [0.15, 0.2) is 0 Å². The van der Waals surface area contributed by atoms with Gasteiger partial charge in [0.2, 0.25) is 13.6 Å². The van der Waals surface area contributed by atoms with E-state index in [0.717, 1.165) is 90.8 Å². The van der Waals surface area contributed by atoms with E-state index in [0.29, 0.717) is 0 Å². The summed E-state index contributed by atoms with van der Waals surface area (Å²) in [6, 6.07) is 51.3. The molecule has 8 nitrogen and oxygen atoms in total. The summed E-state index contributed by atoms with van der Waals surface area (Å²) in [5.41, 5.74) is 9.95. The number of aromatic nitrogens is 4. The van der Waals surface area contributed by atoms with Crippen LogP contribution >= 0.6 is 0 Å². The van der Waals surface area contributed by atoms with Crippen LogP contribution in [0.4, 0.5) is 0 Å². The molecule has 0 saturated carbocycles. The molecule has 0 spiro atoms. The fourth-order valence-electron chi connectivity index (χ4n) is 9.66. The number of fused-ring (bicyclic) bond motifs is 20. The average molecular weight is 765 g/mol. The molecule has 0 aliphatic carbocycles. The number of H-pyrrole nitrogens is 4. The van der Waals surface area contributed by atoms with Crippen LogP contribution in [-0.4, -0.2) is 33.5 Å². The van der Waals surface area contributed by atoms with Crippen LogP contribution < -0.4 is 18.9 Å². The Kier molecular flexibility index (Phi) is 7.33. The Morgan fingerprint density at radius 2 is 0.517 bits per heavy atom. The van der Waals surface area contributed by atoms with Gasteiger partial charge in [-0.05, 0) is 147 Å². The smallest absolute Gasteiger partial charge is 0.230 e. The van der Waals surface area contributed by atoms with Crippen LogP contribution in [0.5, 0.6) is 23.0 Å². The monoisotopic (exact) mass is 764 g/mol. The summed E-state index contributed by atoms with van der Waals surface area (Å²) >= 11 is 0. The first kappa shape index (κ1) is 34.4. The Balaban J connectivity index is 1.27. The molecule has 3 aliphatic heterocycles. The normalized spacial score (nSPS) is 24.2. The van der Waals surface area contributed by atoms with Gasteiger partial charge in [-0.25, -0.2) is 0 Å². The molecule has 7 heterocycles. The predicted molar refractivity (Wildman–Crippen MR) is 223 cm³/mol. The molecular weight excluding hydrogens is 721 g/mol. The zero-order valence-corrected chi connectivity index (χ0v) is 32.9.